The molecular weight excluding hydrogens is 362 g/mol. The molecule has 27 heavy (non-hydrogen) atoms. The van der Waals surface area contributed by atoms with Gasteiger partial charge in [-0.1, -0.05) is 30.3 Å². The molecule has 2 aromatic rings. The summed E-state index contributed by atoms with van der Waals surface area (Å²) in [6.45, 7) is 0.725. The van der Waals surface area contributed by atoms with E-state index >= 15 is 0 Å². The SMILES string of the molecule is COCC1(C(=O)O)CCN(C(=O)c2ccc(CSc3ccccc3)cc2)C1. The van der Waals surface area contributed by atoms with Gasteiger partial charge in [-0.25, -0.2) is 0 Å². The Morgan fingerprint density at radius 3 is 2.48 bits per heavy atom. The van der Waals surface area contributed by atoms with Crippen LogP contribution in [0.2, 0.25) is 0 Å². The highest BCUT2D eigenvalue weighted by Gasteiger charge is 2.46. The Kier molecular flexibility index (Phi) is 6.19. The van der Waals surface area contributed by atoms with Crippen molar-refractivity contribution in [1.82, 2.24) is 4.90 Å². The predicted molar refractivity (Wildman–Crippen MR) is 105 cm³/mol. The van der Waals surface area contributed by atoms with Gasteiger partial charge in [0.25, 0.3) is 5.91 Å². The van der Waals surface area contributed by atoms with Crippen LogP contribution in [0.4, 0.5) is 0 Å². The maximum absolute atomic E-state index is 12.7. The highest BCUT2D eigenvalue weighted by Crippen LogP contribution is 2.32. The molecule has 2 aromatic carbocycles. The molecule has 1 fully saturated rings. The first kappa shape index (κ1) is 19.5. The van der Waals surface area contributed by atoms with Gasteiger partial charge in [-0.2, -0.15) is 0 Å². The first-order chi connectivity index (χ1) is 13.0. The lowest BCUT2D eigenvalue weighted by Crippen LogP contribution is -2.40. The molecule has 1 aliphatic rings. The lowest BCUT2D eigenvalue weighted by atomic mass is 9.88. The van der Waals surface area contributed by atoms with E-state index in [0.717, 1.165) is 11.3 Å². The summed E-state index contributed by atoms with van der Waals surface area (Å²) < 4.78 is 5.08. The molecule has 0 aromatic heterocycles. The Labute approximate surface area is 163 Å². The number of carboxylic acid groups (broad SMARTS) is 1. The first-order valence-corrected chi connectivity index (χ1v) is 9.81. The number of hydrogen-bond donors (Lipinski definition) is 1. The summed E-state index contributed by atoms with van der Waals surface area (Å²) in [4.78, 5) is 27.2. The number of likely N-dealkylation sites (tertiary alicyclic amines) is 1. The highest BCUT2D eigenvalue weighted by atomic mass is 32.2. The minimum atomic E-state index is -1.00. The van der Waals surface area contributed by atoms with Crippen LogP contribution in [0.1, 0.15) is 22.3 Å². The monoisotopic (exact) mass is 385 g/mol. The van der Waals surface area contributed by atoms with Crippen LogP contribution in [-0.4, -0.2) is 48.7 Å². The van der Waals surface area contributed by atoms with Gasteiger partial charge in [0.05, 0.1) is 6.61 Å². The smallest absolute Gasteiger partial charge is 0.313 e. The van der Waals surface area contributed by atoms with E-state index in [-0.39, 0.29) is 19.1 Å². The van der Waals surface area contributed by atoms with E-state index in [0.29, 0.717) is 18.5 Å². The van der Waals surface area contributed by atoms with Crippen LogP contribution in [0, 0.1) is 5.41 Å². The van der Waals surface area contributed by atoms with Gasteiger partial charge in [-0.15, -0.1) is 11.8 Å². The molecule has 1 atom stereocenters. The predicted octanol–water partition coefficient (Wildman–Crippen LogP) is 3.54. The molecule has 1 aliphatic heterocycles. The normalized spacial score (nSPS) is 19.2. The molecule has 1 heterocycles. The fourth-order valence-electron chi connectivity index (χ4n) is 3.29. The number of ether oxygens (including phenoxy) is 1. The third-order valence-electron chi connectivity index (χ3n) is 4.86. The fraction of sp³-hybridized carbons (Fsp3) is 0.333. The van der Waals surface area contributed by atoms with Gasteiger partial charge in [-0.05, 0) is 36.2 Å². The molecule has 1 unspecified atom stereocenters. The maximum Gasteiger partial charge on any atom is 0.313 e. The summed E-state index contributed by atoms with van der Waals surface area (Å²) >= 11 is 1.75. The van der Waals surface area contributed by atoms with Crippen molar-refractivity contribution in [3.05, 3.63) is 65.7 Å². The quantitative estimate of drug-likeness (QED) is 0.739. The number of nitrogens with zero attached hydrogens (tertiary/aromatic N) is 1. The summed E-state index contributed by atoms with van der Waals surface area (Å²) in [7, 11) is 1.49. The zero-order chi connectivity index (χ0) is 19.3. The Morgan fingerprint density at radius 1 is 1.15 bits per heavy atom. The van der Waals surface area contributed by atoms with Gasteiger partial charge in [0.1, 0.15) is 5.41 Å². The Hall–Kier alpha value is -2.31. The second-order valence-corrected chi connectivity index (χ2v) is 7.84. The van der Waals surface area contributed by atoms with Crippen LogP contribution < -0.4 is 0 Å². The minimum absolute atomic E-state index is 0.113. The van der Waals surface area contributed by atoms with Gasteiger partial charge in [0.2, 0.25) is 0 Å². The number of methoxy groups -OCH3 is 1. The van der Waals surface area contributed by atoms with E-state index in [1.54, 1.807) is 16.7 Å². The van der Waals surface area contributed by atoms with Crippen molar-refractivity contribution < 1.29 is 19.4 Å². The topological polar surface area (TPSA) is 66.8 Å². The molecule has 142 valence electrons. The van der Waals surface area contributed by atoms with Crippen LogP contribution in [-0.2, 0) is 15.3 Å². The molecule has 6 heteroatoms. The zero-order valence-corrected chi connectivity index (χ0v) is 16.1. The third kappa shape index (κ3) is 4.51. The van der Waals surface area contributed by atoms with Crippen LogP contribution in [0.25, 0.3) is 0 Å². The largest absolute Gasteiger partial charge is 0.481 e. The molecular formula is C21H23NO4S. The van der Waals surface area contributed by atoms with Gasteiger partial charge in [-0.3, -0.25) is 9.59 Å². The molecule has 0 bridgehead atoms. The minimum Gasteiger partial charge on any atom is -0.481 e. The number of carboxylic acids is 1. The standard InChI is InChI=1S/C21H23NO4S/c1-26-15-21(20(24)25)11-12-22(14-21)19(23)17-9-7-16(8-10-17)13-27-18-5-3-2-4-6-18/h2-10H,11-15H2,1H3,(H,24,25). The highest BCUT2D eigenvalue weighted by molar-refractivity contribution is 7.98. The van der Waals surface area contributed by atoms with E-state index in [1.165, 1.54) is 12.0 Å². The summed E-state index contributed by atoms with van der Waals surface area (Å²) in [5.41, 5.74) is 0.722. The fourth-order valence-corrected chi connectivity index (χ4v) is 4.16. The van der Waals surface area contributed by atoms with Crippen molar-refractivity contribution in [2.75, 3.05) is 26.8 Å². The summed E-state index contributed by atoms with van der Waals surface area (Å²) in [6, 6.07) is 17.7. The first-order valence-electron chi connectivity index (χ1n) is 8.82. The second-order valence-electron chi connectivity index (χ2n) is 6.79. The van der Waals surface area contributed by atoms with Crippen molar-refractivity contribution in [3.63, 3.8) is 0 Å². The van der Waals surface area contributed by atoms with Crippen LogP contribution in [0.15, 0.2) is 59.5 Å². The van der Waals surface area contributed by atoms with E-state index in [2.05, 4.69) is 12.1 Å². The van der Waals surface area contributed by atoms with Crippen molar-refractivity contribution in [3.8, 4) is 0 Å². The number of benzene rings is 2. The Balaban J connectivity index is 1.61. The Bertz CT molecular complexity index is 794. The third-order valence-corrected chi connectivity index (χ3v) is 5.95. The molecule has 1 saturated heterocycles. The summed E-state index contributed by atoms with van der Waals surface area (Å²) in [6.07, 6.45) is 0.410. The van der Waals surface area contributed by atoms with Crippen LogP contribution in [0.5, 0.6) is 0 Å². The molecule has 1 N–H and O–H groups in total. The molecule has 0 saturated carbocycles. The van der Waals surface area contributed by atoms with Gasteiger partial charge in [0.15, 0.2) is 0 Å². The molecule has 5 nitrogen and oxygen atoms in total. The van der Waals surface area contributed by atoms with Gasteiger partial charge in [0, 0.05) is 36.4 Å². The lowest BCUT2D eigenvalue weighted by Gasteiger charge is -2.23. The number of aliphatic carboxylic acids is 1. The maximum atomic E-state index is 12.7. The van der Waals surface area contributed by atoms with Gasteiger partial charge < -0.3 is 14.7 Å². The number of carbonyl (C=O) groups is 2. The average molecular weight is 385 g/mol. The number of carbonyl (C=O) groups excluding carboxylic acids is 1. The molecule has 0 spiro atoms. The number of thioether (sulfide) groups is 1. The van der Waals surface area contributed by atoms with Crippen LogP contribution >= 0.6 is 11.8 Å². The van der Waals surface area contributed by atoms with E-state index in [1.807, 2.05) is 42.5 Å². The summed E-state index contributed by atoms with van der Waals surface area (Å²) in [5, 5.41) is 9.53. The molecule has 3 rings (SSSR count). The number of rotatable bonds is 7. The average Bonchev–Trinajstić information content (AvgIpc) is 3.13. The van der Waals surface area contributed by atoms with Crippen LogP contribution in [0.3, 0.4) is 0 Å². The number of hydrogen-bond acceptors (Lipinski definition) is 4. The Morgan fingerprint density at radius 2 is 1.85 bits per heavy atom. The molecule has 1 amide bonds. The molecule has 0 radical (unpaired) electrons. The number of amides is 1. The zero-order valence-electron chi connectivity index (χ0n) is 15.3. The molecule has 0 aliphatic carbocycles. The van der Waals surface area contributed by atoms with E-state index in [4.69, 9.17) is 4.74 Å². The second kappa shape index (κ2) is 8.59. The lowest BCUT2D eigenvalue weighted by molar-refractivity contribution is -0.151. The van der Waals surface area contributed by atoms with Crippen molar-refractivity contribution in [2.45, 2.75) is 17.1 Å². The van der Waals surface area contributed by atoms with E-state index < -0.39 is 11.4 Å². The van der Waals surface area contributed by atoms with Crippen molar-refractivity contribution in [2.24, 2.45) is 5.41 Å². The van der Waals surface area contributed by atoms with Gasteiger partial charge >= 0.3 is 5.97 Å². The van der Waals surface area contributed by atoms with Crippen molar-refractivity contribution in [1.29, 1.82) is 0 Å². The summed E-state index contributed by atoms with van der Waals surface area (Å²) in [5.74, 6) is -0.206. The van der Waals surface area contributed by atoms with E-state index in [9.17, 15) is 14.7 Å². The van der Waals surface area contributed by atoms with Crippen molar-refractivity contribution >= 4 is 23.6 Å².